The summed E-state index contributed by atoms with van der Waals surface area (Å²) >= 11 is 0. The standard InChI is InChI=1S/C14H21N2O6P/c1-11(14(18)21-9-13-7-5-4-6-8-13)16-23(19,10-20-3)22-15-12(2)17/h4-8,11H,9-10H2,1-3H3,(H,15,17)(H,16,19)/t11-,23?/m0/s1. The zero-order chi connectivity index (χ0) is 17.3. The summed E-state index contributed by atoms with van der Waals surface area (Å²) < 4.78 is 27.2. The lowest BCUT2D eigenvalue weighted by Gasteiger charge is -2.21. The van der Waals surface area contributed by atoms with Crippen LogP contribution < -0.4 is 10.6 Å². The molecule has 23 heavy (non-hydrogen) atoms. The van der Waals surface area contributed by atoms with E-state index in [4.69, 9.17) is 14.1 Å². The van der Waals surface area contributed by atoms with Crippen LogP contribution in [0.15, 0.2) is 30.3 Å². The number of carbonyl (C=O) groups is 2. The zero-order valence-electron chi connectivity index (χ0n) is 13.3. The van der Waals surface area contributed by atoms with E-state index in [2.05, 4.69) is 5.09 Å². The van der Waals surface area contributed by atoms with Gasteiger partial charge in [-0.15, -0.1) is 0 Å². The molecular formula is C14H21N2O6P. The summed E-state index contributed by atoms with van der Waals surface area (Å²) in [5.74, 6) is -1.13. The summed E-state index contributed by atoms with van der Waals surface area (Å²) in [7, 11) is -2.26. The molecule has 0 spiro atoms. The van der Waals surface area contributed by atoms with Crippen LogP contribution in [0.3, 0.4) is 0 Å². The molecule has 0 heterocycles. The summed E-state index contributed by atoms with van der Waals surface area (Å²) in [5.41, 5.74) is 2.81. The van der Waals surface area contributed by atoms with Gasteiger partial charge in [0.15, 0.2) is 0 Å². The van der Waals surface area contributed by atoms with Gasteiger partial charge in [0, 0.05) is 14.0 Å². The summed E-state index contributed by atoms with van der Waals surface area (Å²) in [5, 5.41) is 2.50. The Morgan fingerprint density at radius 2 is 1.91 bits per heavy atom. The minimum absolute atomic E-state index is 0.104. The highest BCUT2D eigenvalue weighted by Gasteiger charge is 2.30. The lowest BCUT2D eigenvalue weighted by atomic mass is 10.2. The average molecular weight is 344 g/mol. The second-order valence-corrected chi connectivity index (χ2v) is 6.83. The quantitative estimate of drug-likeness (QED) is 0.398. The van der Waals surface area contributed by atoms with Crippen molar-refractivity contribution in [3.63, 3.8) is 0 Å². The van der Waals surface area contributed by atoms with E-state index in [1.54, 1.807) is 0 Å². The van der Waals surface area contributed by atoms with Gasteiger partial charge in [0.2, 0.25) is 5.91 Å². The molecule has 0 bridgehead atoms. The van der Waals surface area contributed by atoms with Gasteiger partial charge in [0.1, 0.15) is 19.0 Å². The highest BCUT2D eigenvalue weighted by molar-refractivity contribution is 7.56. The van der Waals surface area contributed by atoms with Gasteiger partial charge in [-0.2, -0.15) is 4.62 Å². The number of hydroxylamine groups is 1. The van der Waals surface area contributed by atoms with Gasteiger partial charge in [-0.25, -0.2) is 10.6 Å². The highest BCUT2D eigenvalue weighted by atomic mass is 31.2. The lowest BCUT2D eigenvalue weighted by Crippen LogP contribution is -2.36. The molecule has 8 nitrogen and oxygen atoms in total. The summed E-state index contributed by atoms with van der Waals surface area (Å²) in [6.45, 7) is 2.79. The van der Waals surface area contributed by atoms with Crippen LogP contribution in [0, 0.1) is 0 Å². The van der Waals surface area contributed by atoms with Crippen LogP contribution >= 0.6 is 7.52 Å². The molecule has 1 unspecified atom stereocenters. The van der Waals surface area contributed by atoms with Crippen molar-refractivity contribution in [1.29, 1.82) is 0 Å². The first-order valence-corrected chi connectivity index (χ1v) is 8.69. The molecule has 1 aromatic carbocycles. The average Bonchev–Trinajstić information content (AvgIpc) is 2.52. The maximum absolute atomic E-state index is 12.4. The van der Waals surface area contributed by atoms with Crippen molar-refractivity contribution in [2.75, 3.05) is 13.5 Å². The Morgan fingerprint density at radius 3 is 2.48 bits per heavy atom. The summed E-state index contributed by atoms with van der Waals surface area (Å²) in [4.78, 5) is 22.8. The predicted molar refractivity (Wildman–Crippen MR) is 83.2 cm³/mol. The van der Waals surface area contributed by atoms with Gasteiger partial charge in [0.25, 0.3) is 0 Å². The predicted octanol–water partition coefficient (Wildman–Crippen LogP) is 1.57. The third-order valence-corrected chi connectivity index (χ3v) is 4.37. The number of rotatable bonds is 9. The van der Waals surface area contributed by atoms with Gasteiger partial charge < -0.3 is 9.47 Å². The minimum Gasteiger partial charge on any atom is -0.460 e. The second kappa shape index (κ2) is 9.42. The molecule has 0 aliphatic heterocycles. The first-order valence-electron chi connectivity index (χ1n) is 6.88. The smallest absolute Gasteiger partial charge is 0.323 e. The number of hydrogen-bond acceptors (Lipinski definition) is 6. The molecule has 0 aromatic heterocycles. The SMILES string of the molecule is COCP(=O)(N[C@@H](C)C(=O)OCc1ccccc1)ONC(C)=O. The maximum atomic E-state index is 12.4. The van der Waals surface area contributed by atoms with E-state index >= 15 is 0 Å². The molecule has 0 radical (unpaired) electrons. The first kappa shape index (κ1) is 19.3. The molecule has 0 saturated heterocycles. The first-order chi connectivity index (χ1) is 10.9. The van der Waals surface area contributed by atoms with Crippen molar-refractivity contribution in [2.45, 2.75) is 26.5 Å². The fourth-order valence-electron chi connectivity index (χ4n) is 1.60. The van der Waals surface area contributed by atoms with Crippen molar-refractivity contribution in [3.05, 3.63) is 35.9 Å². The van der Waals surface area contributed by atoms with E-state index < -0.39 is 25.4 Å². The van der Waals surface area contributed by atoms with Gasteiger partial charge >= 0.3 is 13.5 Å². The van der Waals surface area contributed by atoms with E-state index in [0.29, 0.717) is 0 Å². The lowest BCUT2D eigenvalue weighted by molar-refractivity contribution is -0.146. The largest absolute Gasteiger partial charge is 0.460 e. The van der Waals surface area contributed by atoms with E-state index in [1.165, 1.54) is 21.0 Å². The number of nitrogens with one attached hydrogen (secondary N) is 2. The van der Waals surface area contributed by atoms with Gasteiger partial charge in [0.05, 0.1) is 0 Å². The molecule has 0 aliphatic carbocycles. The van der Waals surface area contributed by atoms with Crippen LogP contribution in [0.1, 0.15) is 19.4 Å². The molecule has 2 N–H and O–H groups in total. The summed E-state index contributed by atoms with van der Waals surface area (Å²) in [6, 6.07) is 8.25. The Kier molecular flexibility index (Phi) is 7.91. The van der Waals surface area contributed by atoms with Gasteiger partial charge in [-0.3, -0.25) is 14.2 Å². The number of carbonyl (C=O) groups excluding carboxylic acids is 2. The zero-order valence-corrected chi connectivity index (χ0v) is 14.2. The fourth-order valence-corrected chi connectivity index (χ4v) is 3.09. The molecule has 9 heteroatoms. The molecular weight excluding hydrogens is 323 g/mol. The fraction of sp³-hybridized carbons (Fsp3) is 0.429. The Morgan fingerprint density at radius 1 is 1.26 bits per heavy atom. The maximum Gasteiger partial charge on any atom is 0.323 e. The molecule has 0 fully saturated rings. The Bertz CT molecular complexity index is 566. The van der Waals surface area contributed by atoms with Crippen molar-refractivity contribution in [3.8, 4) is 0 Å². The van der Waals surface area contributed by atoms with Crippen molar-refractivity contribution in [2.24, 2.45) is 0 Å². The Labute approximate surface area is 135 Å². The van der Waals surface area contributed by atoms with E-state index in [-0.39, 0.29) is 13.0 Å². The van der Waals surface area contributed by atoms with Crippen LogP contribution in [0.25, 0.3) is 0 Å². The van der Waals surface area contributed by atoms with E-state index in [1.807, 2.05) is 35.8 Å². The molecule has 1 amide bonds. The Hall–Kier alpha value is -1.73. The Balaban J connectivity index is 2.56. The van der Waals surface area contributed by atoms with Crippen LogP contribution in [-0.4, -0.2) is 31.4 Å². The van der Waals surface area contributed by atoms with Crippen molar-refractivity contribution in [1.82, 2.24) is 10.6 Å². The van der Waals surface area contributed by atoms with Gasteiger partial charge in [-0.1, -0.05) is 30.3 Å². The number of hydrogen-bond donors (Lipinski definition) is 2. The van der Waals surface area contributed by atoms with Crippen LogP contribution in [0.4, 0.5) is 0 Å². The van der Waals surface area contributed by atoms with Crippen molar-refractivity contribution >= 4 is 19.4 Å². The normalized spacial score (nSPS) is 14.6. The number of ether oxygens (including phenoxy) is 2. The molecule has 128 valence electrons. The number of esters is 1. The van der Waals surface area contributed by atoms with Crippen molar-refractivity contribution < 1.29 is 28.3 Å². The highest BCUT2D eigenvalue weighted by Crippen LogP contribution is 2.41. The third-order valence-electron chi connectivity index (χ3n) is 2.60. The van der Waals surface area contributed by atoms with Gasteiger partial charge in [-0.05, 0) is 12.5 Å². The number of benzene rings is 1. The number of amides is 1. The molecule has 1 rings (SSSR count). The van der Waals surface area contributed by atoms with E-state index in [0.717, 1.165) is 5.56 Å². The molecule has 2 atom stereocenters. The van der Waals surface area contributed by atoms with E-state index in [9.17, 15) is 14.2 Å². The molecule has 0 saturated carbocycles. The molecule has 1 aromatic rings. The van der Waals surface area contributed by atoms with Crippen LogP contribution in [-0.2, 0) is 34.9 Å². The van der Waals surface area contributed by atoms with Crippen LogP contribution in [0.2, 0.25) is 0 Å². The third kappa shape index (κ3) is 7.38. The van der Waals surface area contributed by atoms with Crippen LogP contribution in [0.5, 0.6) is 0 Å². The topological polar surface area (TPSA) is 103 Å². The monoisotopic (exact) mass is 344 g/mol. The summed E-state index contributed by atoms with van der Waals surface area (Å²) in [6.07, 6.45) is -0.316. The number of methoxy groups -OCH3 is 1. The second-order valence-electron chi connectivity index (χ2n) is 4.78. The minimum atomic E-state index is -3.58. The molecule has 0 aliphatic rings.